The van der Waals surface area contributed by atoms with Gasteiger partial charge in [0.15, 0.2) is 4.80 Å². The van der Waals surface area contributed by atoms with Crippen LogP contribution in [0, 0.1) is 0 Å². The molecule has 2 heterocycles. The maximum absolute atomic E-state index is 13.6. The van der Waals surface area contributed by atoms with Crippen molar-refractivity contribution in [1.82, 2.24) is 4.57 Å². The molecule has 4 rings (SSSR count). The summed E-state index contributed by atoms with van der Waals surface area (Å²) in [5.41, 5.74) is 2.21. The van der Waals surface area contributed by atoms with E-state index >= 15 is 0 Å². The molecule has 2 aromatic carbocycles. The lowest BCUT2D eigenvalue weighted by Crippen LogP contribution is -2.39. The van der Waals surface area contributed by atoms with Crippen LogP contribution in [0.5, 0.6) is 11.5 Å². The molecule has 0 bridgehead atoms. The molecule has 8 heteroatoms. The minimum atomic E-state index is -0.624. The Morgan fingerprint density at radius 2 is 1.91 bits per heavy atom. The number of esters is 1. The molecule has 7 nitrogen and oxygen atoms in total. The molecule has 0 saturated heterocycles. The van der Waals surface area contributed by atoms with Crippen molar-refractivity contribution in [1.29, 1.82) is 0 Å². The van der Waals surface area contributed by atoms with E-state index in [1.807, 2.05) is 36.4 Å². The molecule has 0 spiro atoms. The largest absolute Gasteiger partial charge is 0.497 e. The van der Waals surface area contributed by atoms with Crippen LogP contribution in [0.25, 0.3) is 6.08 Å². The van der Waals surface area contributed by atoms with Gasteiger partial charge in [-0.3, -0.25) is 9.36 Å². The number of rotatable bonds is 6. The highest BCUT2D eigenvalue weighted by atomic mass is 32.1. The van der Waals surface area contributed by atoms with Gasteiger partial charge in [0.05, 0.1) is 42.7 Å². The lowest BCUT2D eigenvalue weighted by Gasteiger charge is -2.24. The van der Waals surface area contributed by atoms with Crippen molar-refractivity contribution in [2.45, 2.75) is 19.9 Å². The van der Waals surface area contributed by atoms with Crippen molar-refractivity contribution in [3.8, 4) is 11.5 Å². The van der Waals surface area contributed by atoms with Crippen LogP contribution < -0.4 is 24.4 Å². The van der Waals surface area contributed by atoms with Crippen molar-refractivity contribution in [2.75, 3.05) is 20.8 Å². The van der Waals surface area contributed by atoms with Gasteiger partial charge in [0.2, 0.25) is 0 Å². The molecule has 1 atom stereocenters. The Hall–Kier alpha value is -3.65. The molecular formula is C25H24N2O5S. The molecule has 0 fully saturated rings. The third kappa shape index (κ3) is 4.21. The number of hydrogen-bond acceptors (Lipinski definition) is 7. The summed E-state index contributed by atoms with van der Waals surface area (Å²) in [6.07, 6.45) is 1.77. The van der Waals surface area contributed by atoms with Crippen LogP contribution in [0.2, 0.25) is 0 Å². The van der Waals surface area contributed by atoms with E-state index in [1.165, 1.54) is 11.3 Å². The maximum Gasteiger partial charge on any atom is 0.338 e. The fraction of sp³-hybridized carbons (Fsp3) is 0.240. The Morgan fingerprint density at radius 3 is 2.58 bits per heavy atom. The Bertz CT molecular complexity index is 1400. The molecule has 1 unspecified atom stereocenters. The average molecular weight is 465 g/mol. The van der Waals surface area contributed by atoms with Crippen molar-refractivity contribution in [3.63, 3.8) is 0 Å². The number of ether oxygens (including phenoxy) is 3. The highest BCUT2D eigenvalue weighted by Gasteiger charge is 2.33. The molecule has 0 aliphatic carbocycles. The first-order valence-electron chi connectivity index (χ1n) is 10.4. The zero-order chi connectivity index (χ0) is 23.5. The van der Waals surface area contributed by atoms with Gasteiger partial charge in [0, 0.05) is 11.6 Å². The number of benzene rings is 2. The van der Waals surface area contributed by atoms with Gasteiger partial charge in [-0.25, -0.2) is 9.79 Å². The molecule has 0 saturated carbocycles. The van der Waals surface area contributed by atoms with E-state index in [-0.39, 0.29) is 12.2 Å². The normalized spacial score (nSPS) is 15.6. The van der Waals surface area contributed by atoms with Crippen LogP contribution >= 0.6 is 11.3 Å². The zero-order valence-electron chi connectivity index (χ0n) is 18.8. The number of nitrogens with zero attached hydrogens (tertiary/aromatic N) is 2. The topological polar surface area (TPSA) is 79.1 Å². The van der Waals surface area contributed by atoms with Gasteiger partial charge < -0.3 is 14.2 Å². The van der Waals surface area contributed by atoms with Gasteiger partial charge in [-0.05, 0) is 37.6 Å². The van der Waals surface area contributed by atoms with Crippen LogP contribution in [0.3, 0.4) is 0 Å². The minimum absolute atomic E-state index is 0.235. The van der Waals surface area contributed by atoms with Crippen LogP contribution in [0.15, 0.2) is 69.6 Å². The molecular weight excluding hydrogens is 440 g/mol. The average Bonchev–Trinajstić information content (AvgIpc) is 3.13. The van der Waals surface area contributed by atoms with E-state index in [2.05, 4.69) is 4.99 Å². The molecule has 0 radical (unpaired) electrons. The van der Waals surface area contributed by atoms with Crippen LogP contribution in [-0.2, 0) is 9.53 Å². The first kappa shape index (κ1) is 22.5. The summed E-state index contributed by atoms with van der Waals surface area (Å²) < 4.78 is 18.1. The molecule has 0 amide bonds. The second-order valence-electron chi connectivity index (χ2n) is 7.32. The number of thiazole rings is 1. The molecule has 1 aromatic heterocycles. The highest BCUT2D eigenvalue weighted by molar-refractivity contribution is 7.07. The fourth-order valence-corrected chi connectivity index (χ4v) is 4.86. The number of allylic oxidation sites excluding steroid dienone is 1. The summed E-state index contributed by atoms with van der Waals surface area (Å²) >= 11 is 1.27. The van der Waals surface area contributed by atoms with E-state index in [1.54, 1.807) is 50.8 Å². The molecule has 1 aliphatic heterocycles. The fourth-order valence-electron chi connectivity index (χ4n) is 3.82. The van der Waals surface area contributed by atoms with Gasteiger partial charge in [0.25, 0.3) is 5.56 Å². The van der Waals surface area contributed by atoms with E-state index in [9.17, 15) is 9.59 Å². The zero-order valence-corrected chi connectivity index (χ0v) is 19.6. The lowest BCUT2D eigenvalue weighted by atomic mass is 9.96. The van der Waals surface area contributed by atoms with E-state index in [0.717, 1.165) is 11.1 Å². The third-order valence-corrected chi connectivity index (χ3v) is 6.34. The smallest absolute Gasteiger partial charge is 0.338 e. The molecule has 3 aromatic rings. The Morgan fingerprint density at radius 1 is 1.15 bits per heavy atom. The van der Waals surface area contributed by atoms with E-state index in [0.29, 0.717) is 32.1 Å². The lowest BCUT2D eigenvalue weighted by molar-refractivity contribution is -0.139. The summed E-state index contributed by atoms with van der Waals surface area (Å²) in [6.45, 7) is 3.76. The monoisotopic (exact) mass is 464 g/mol. The van der Waals surface area contributed by atoms with Crippen molar-refractivity contribution >= 4 is 23.4 Å². The van der Waals surface area contributed by atoms with Gasteiger partial charge >= 0.3 is 5.97 Å². The van der Waals surface area contributed by atoms with E-state index in [4.69, 9.17) is 14.2 Å². The predicted molar refractivity (Wildman–Crippen MR) is 126 cm³/mol. The van der Waals surface area contributed by atoms with Gasteiger partial charge in [0.1, 0.15) is 11.5 Å². The van der Waals surface area contributed by atoms with Gasteiger partial charge in [-0.15, -0.1) is 0 Å². The first-order chi connectivity index (χ1) is 16.0. The summed E-state index contributed by atoms with van der Waals surface area (Å²) in [5.74, 6) is 0.770. The molecule has 0 N–H and O–H groups in total. The standard InChI is InChI=1S/C25H24N2O5S/c1-5-32-24(29)21-15(2)26-25-27(22(21)16-9-7-6-8-10-16)23(28)20(33-25)13-17-11-12-18(30-3)14-19(17)31-4/h6-14,22H,5H2,1-4H3. The van der Waals surface area contributed by atoms with Crippen molar-refractivity contribution in [2.24, 2.45) is 4.99 Å². The van der Waals surface area contributed by atoms with Crippen LogP contribution in [0.1, 0.15) is 31.0 Å². The number of carbonyl (C=O) groups is 1. The highest BCUT2D eigenvalue weighted by Crippen LogP contribution is 2.30. The quantitative estimate of drug-likeness (QED) is 0.524. The Labute approximate surface area is 194 Å². The van der Waals surface area contributed by atoms with Crippen LogP contribution in [-0.4, -0.2) is 31.4 Å². The molecule has 1 aliphatic rings. The van der Waals surface area contributed by atoms with Gasteiger partial charge in [-0.2, -0.15) is 0 Å². The summed E-state index contributed by atoms with van der Waals surface area (Å²) in [6, 6.07) is 14.2. The van der Waals surface area contributed by atoms with Gasteiger partial charge in [-0.1, -0.05) is 41.7 Å². The summed E-state index contributed by atoms with van der Waals surface area (Å²) in [4.78, 5) is 31.6. The number of methoxy groups -OCH3 is 2. The second-order valence-corrected chi connectivity index (χ2v) is 8.33. The number of carbonyl (C=O) groups excluding carboxylic acids is 1. The predicted octanol–water partition coefficient (Wildman–Crippen LogP) is 2.82. The maximum atomic E-state index is 13.6. The second kappa shape index (κ2) is 9.46. The number of hydrogen-bond donors (Lipinski definition) is 0. The molecule has 170 valence electrons. The summed E-state index contributed by atoms with van der Waals surface area (Å²) in [5, 5.41) is 0. The Kier molecular flexibility index (Phi) is 6.46. The van der Waals surface area contributed by atoms with Crippen molar-refractivity contribution in [3.05, 3.63) is 90.6 Å². The molecule has 33 heavy (non-hydrogen) atoms. The number of fused-ring (bicyclic) bond motifs is 1. The summed E-state index contributed by atoms with van der Waals surface area (Å²) in [7, 11) is 3.15. The third-order valence-electron chi connectivity index (χ3n) is 5.36. The number of aromatic nitrogens is 1. The minimum Gasteiger partial charge on any atom is -0.497 e. The van der Waals surface area contributed by atoms with Crippen LogP contribution in [0.4, 0.5) is 0 Å². The van der Waals surface area contributed by atoms with E-state index < -0.39 is 12.0 Å². The van der Waals surface area contributed by atoms with Crippen molar-refractivity contribution < 1.29 is 19.0 Å². The SMILES string of the molecule is CCOC(=O)C1=C(C)N=c2sc(=Cc3ccc(OC)cc3OC)c(=O)n2C1c1ccccc1. The first-order valence-corrected chi connectivity index (χ1v) is 11.3. The Balaban J connectivity index is 1.94.